The summed E-state index contributed by atoms with van der Waals surface area (Å²) >= 11 is 13.7. The van der Waals surface area contributed by atoms with Crippen LogP contribution in [0.4, 0.5) is 0 Å². The molecular formula is C9H10Br2ClNO2S. The van der Waals surface area contributed by atoms with E-state index in [9.17, 15) is 4.79 Å². The summed E-state index contributed by atoms with van der Waals surface area (Å²) in [7, 11) is 1.57. The minimum absolute atomic E-state index is 0.140. The molecule has 1 heterocycles. The molecule has 0 aliphatic carbocycles. The van der Waals surface area contributed by atoms with Crippen molar-refractivity contribution in [3.8, 4) is 0 Å². The lowest BCUT2D eigenvalue weighted by molar-refractivity contribution is 0.0911. The zero-order valence-corrected chi connectivity index (χ0v) is 13.2. The fourth-order valence-corrected chi connectivity index (χ4v) is 3.15. The van der Waals surface area contributed by atoms with Crippen LogP contribution in [0, 0.1) is 0 Å². The van der Waals surface area contributed by atoms with E-state index < -0.39 is 0 Å². The van der Waals surface area contributed by atoms with Crippen LogP contribution in [0.3, 0.4) is 0 Å². The fourth-order valence-electron chi connectivity index (χ4n) is 1.04. The predicted molar refractivity (Wildman–Crippen MR) is 73.6 cm³/mol. The van der Waals surface area contributed by atoms with Crippen molar-refractivity contribution in [3.05, 3.63) is 19.2 Å². The normalized spacial score (nSPS) is 12.5. The summed E-state index contributed by atoms with van der Waals surface area (Å²) in [5, 5.41) is 2.80. The molecule has 7 heteroatoms. The van der Waals surface area contributed by atoms with Gasteiger partial charge in [0.25, 0.3) is 5.91 Å². The molecule has 1 aromatic heterocycles. The molecule has 0 aliphatic rings. The van der Waals surface area contributed by atoms with Crippen LogP contribution in [0.5, 0.6) is 0 Å². The van der Waals surface area contributed by atoms with Gasteiger partial charge in [-0.05, 0) is 37.9 Å². The number of halogens is 3. The Morgan fingerprint density at radius 3 is 2.81 bits per heavy atom. The third kappa shape index (κ3) is 4.00. The Balaban J connectivity index is 2.64. The molecule has 1 rings (SSSR count). The van der Waals surface area contributed by atoms with Crippen LogP contribution in [0.1, 0.15) is 9.67 Å². The Labute approximate surface area is 120 Å². The zero-order chi connectivity index (χ0) is 12.1. The van der Waals surface area contributed by atoms with Gasteiger partial charge in [-0.3, -0.25) is 4.79 Å². The Bertz CT molecular complexity index is 353. The van der Waals surface area contributed by atoms with Crippen molar-refractivity contribution in [1.82, 2.24) is 5.32 Å². The zero-order valence-electron chi connectivity index (χ0n) is 8.43. The van der Waals surface area contributed by atoms with Gasteiger partial charge in [0, 0.05) is 17.5 Å². The van der Waals surface area contributed by atoms with Crippen LogP contribution in [0.15, 0.2) is 14.3 Å². The Hall–Kier alpha value is 0.380. The number of rotatable bonds is 5. The second-order valence-corrected chi connectivity index (χ2v) is 6.55. The van der Waals surface area contributed by atoms with Crippen LogP contribution in [-0.2, 0) is 4.74 Å². The first-order chi connectivity index (χ1) is 7.58. The molecule has 90 valence electrons. The molecule has 16 heavy (non-hydrogen) atoms. The van der Waals surface area contributed by atoms with Crippen LogP contribution >= 0.6 is 54.8 Å². The standard InChI is InChI=1S/C9H10Br2ClNO2S/c1-15-4-5(3-12)13-9(14)7-2-6(10)8(11)16-7/h2,5H,3-4H2,1H3,(H,13,14). The number of hydrogen-bond donors (Lipinski definition) is 1. The number of amides is 1. The van der Waals surface area contributed by atoms with Gasteiger partial charge in [0.2, 0.25) is 0 Å². The van der Waals surface area contributed by atoms with E-state index in [0.29, 0.717) is 17.4 Å². The molecule has 1 aromatic rings. The van der Waals surface area contributed by atoms with Crippen molar-refractivity contribution in [1.29, 1.82) is 0 Å². The van der Waals surface area contributed by atoms with E-state index in [-0.39, 0.29) is 11.9 Å². The summed E-state index contributed by atoms with van der Waals surface area (Å²) in [5.74, 6) is 0.187. The average Bonchev–Trinajstić information content (AvgIpc) is 2.58. The fraction of sp³-hybridized carbons (Fsp3) is 0.444. The van der Waals surface area contributed by atoms with E-state index in [2.05, 4.69) is 37.2 Å². The lowest BCUT2D eigenvalue weighted by Crippen LogP contribution is -2.39. The Morgan fingerprint density at radius 2 is 2.38 bits per heavy atom. The molecule has 3 nitrogen and oxygen atoms in total. The number of carbonyl (C=O) groups excluding carboxylic acids is 1. The quantitative estimate of drug-likeness (QED) is 0.783. The smallest absolute Gasteiger partial charge is 0.261 e. The van der Waals surface area contributed by atoms with Crippen molar-refractivity contribution in [3.63, 3.8) is 0 Å². The second-order valence-electron chi connectivity index (χ2n) is 3.01. The van der Waals surface area contributed by atoms with Gasteiger partial charge in [-0.2, -0.15) is 0 Å². The molecule has 0 bridgehead atoms. The highest BCUT2D eigenvalue weighted by Crippen LogP contribution is 2.32. The summed E-state index contributed by atoms with van der Waals surface area (Å²) in [6.45, 7) is 0.406. The lowest BCUT2D eigenvalue weighted by Gasteiger charge is -2.13. The number of alkyl halides is 1. The molecular weight excluding hydrogens is 381 g/mol. The van der Waals surface area contributed by atoms with Crippen LogP contribution in [0.25, 0.3) is 0 Å². The third-order valence-electron chi connectivity index (χ3n) is 1.76. The summed E-state index contributed by atoms with van der Waals surface area (Å²) in [6, 6.07) is 1.60. The van der Waals surface area contributed by atoms with E-state index in [0.717, 1.165) is 8.26 Å². The first-order valence-corrected chi connectivity index (χ1v) is 7.32. The molecule has 0 fully saturated rings. The van der Waals surface area contributed by atoms with Gasteiger partial charge >= 0.3 is 0 Å². The van der Waals surface area contributed by atoms with E-state index in [1.54, 1.807) is 13.2 Å². The summed E-state index contributed by atoms with van der Waals surface area (Å²) < 4.78 is 6.71. The van der Waals surface area contributed by atoms with E-state index in [4.69, 9.17) is 16.3 Å². The number of thiophene rings is 1. The van der Waals surface area contributed by atoms with Gasteiger partial charge in [-0.15, -0.1) is 22.9 Å². The Kier molecular flexibility index (Phi) is 6.28. The lowest BCUT2D eigenvalue weighted by atomic mass is 10.3. The van der Waals surface area contributed by atoms with E-state index in [1.807, 2.05) is 0 Å². The molecule has 1 unspecified atom stereocenters. The van der Waals surface area contributed by atoms with Gasteiger partial charge in [0.05, 0.1) is 21.3 Å². The first kappa shape index (κ1) is 14.4. The molecule has 0 spiro atoms. The molecule has 1 amide bonds. The topological polar surface area (TPSA) is 38.3 Å². The highest BCUT2D eigenvalue weighted by Gasteiger charge is 2.15. The van der Waals surface area contributed by atoms with Gasteiger partial charge in [0.1, 0.15) is 0 Å². The van der Waals surface area contributed by atoms with Crippen LogP contribution in [-0.4, -0.2) is 31.5 Å². The molecule has 0 saturated heterocycles. The molecule has 0 aliphatic heterocycles. The third-order valence-corrected chi connectivity index (χ3v) is 5.39. The molecule has 0 aromatic carbocycles. The average molecular weight is 392 g/mol. The monoisotopic (exact) mass is 389 g/mol. The highest BCUT2D eigenvalue weighted by atomic mass is 79.9. The number of methoxy groups -OCH3 is 1. The SMILES string of the molecule is COCC(CCl)NC(=O)c1cc(Br)c(Br)s1. The van der Waals surface area contributed by atoms with Gasteiger partial charge in [-0.1, -0.05) is 0 Å². The number of carbonyl (C=O) groups is 1. The van der Waals surface area contributed by atoms with Gasteiger partial charge in [0.15, 0.2) is 0 Å². The maximum Gasteiger partial charge on any atom is 0.261 e. The van der Waals surface area contributed by atoms with Crippen LogP contribution in [0.2, 0.25) is 0 Å². The maximum atomic E-state index is 11.8. The minimum Gasteiger partial charge on any atom is -0.383 e. The maximum absolute atomic E-state index is 11.8. The van der Waals surface area contributed by atoms with E-state index >= 15 is 0 Å². The predicted octanol–water partition coefficient (Wildman–Crippen LogP) is 3.26. The Morgan fingerprint density at radius 1 is 1.69 bits per heavy atom. The van der Waals surface area contributed by atoms with Crippen molar-refractivity contribution in [2.45, 2.75) is 6.04 Å². The summed E-state index contributed by atoms with van der Waals surface area (Å²) in [4.78, 5) is 12.4. The largest absolute Gasteiger partial charge is 0.383 e. The van der Waals surface area contributed by atoms with Crippen molar-refractivity contribution in [2.24, 2.45) is 0 Å². The van der Waals surface area contributed by atoms with Crippen molar-refractivity contribution >= 4 is 60.7 Å². The summed E-state index contributed by atoms with van der Waals surface area (Å²) in [5.41, 5.74) is 0. The number of nitrogens with one attached hydrogen (secondary N) is 1. The molecule has 0 radical (unpaired) electrons. The van der Waals surface area contributed by atoms with Crippen molar-refractivity contribution in [2.75, 3.05) is 19.6 Å². The minimum atomic E-state index is -0.168. The first-order valence-electron chi connectivity index (χ1n) is 4.39. The van der Waals surface area contributed by atoms with E-state index in [1.165, 1.54) is 11.3 Å². The summed E-state index contributed by atoms with van der Waals surface area (Å²) in [6.07, 6.45) is 0. The van der Waals surface area contributed by atoms with Crippen LogP contribution < -0.4 is 5.32 Å². The second kappa shape index (κ2) is 6.96. The van der Waals surface area contributed by atoms with Gasteiger partial charge < -0.3 is 10.1 Å². The number of hydrogen-bond acceptors (Lipinski definition) is 3. The molecule has 1 atom stereocenters. The van der Waals surface area contributed by atoms with Crippen molar-refractivity contribution < 1.29 is 9.53 Å². The molecule has 0 saturated carbocycles. The van der Waals surface area contributed by atoms with Gasteiger partial charge in [-0.25, -0.2) is 0 Å². The number of ether oxygens (including phenoxy) is 1. The highest BCUT2D eigenvalue weighted by molar-refractivity contribution is 9.13. The molecule has 1 N–H and O–H groups in total.